The van der Waals surface area contributed by atoms with E-state index in [1.54, 1.807) is 12.1 Å². The van der Waals surface area contributed by atoms with E-state index in [4.69, 9.17) is 4.74 Å². The molecule has 0 radical (unpaired) electrons. The van der Waals surface area contributed by atoms with Gasteiger partial charge in [-0.3, -0.25) is 9.69 Å². The van der Waals surface area contributed by atoms with E-state index in [0.717, 1.165) is 0 Å². The average molecular weight is 378 g/mol. The third-order valence-corrected chi connectivity index (χ3v) is 3.54. The van der Waals surface area contributed by atoms with Crippen molar-refractivity contribution in [3.63, 3.8) is 0 Å². The van der Waals surface area contributed by atoms with Crippen LogP contribution in [0.25, 0.3) is 0 Å². The predicted molar refractivity (Wildman–Crippen MR) is 75.4 cm³/mol. The highest BCUT2D eigenvalue weighted by molar-refractivity contribution is 14.1. The predicted octanol–water partition coefficient (Wildman–Crippen LogP) is 1.89. The number of hydrogen-bond donors (Lipinski definition) is 1. The first-order chi connectivity index (χ1) is 8.97. The van der Waals surface area contributed by atoms with Gasteiger partial charge >= 0.3 is 6.09 Å². The number of carbonyl (C=O) groups excluding carboxylic acids is 2. The Bertz CT molecular complexity index is 524. The number of halogens is 2. The van der Waals surface area contributed by atoms with Gasteiger partial charge in [-0.1, -0.05) is 0 Å². The number of nitrogens with zero attached hydrogens (tertiary/aromatic N) is 1. The molecule has 1 heterocycles. The molecular formula is C12H12FIN2O3. The molecule has 1 fully saturated rings. The Hall–Kier alpha value is -1.38. The van der Waals surface area contributed by atoms with Crippen molar-refractivity contribution in [2.45, 2.75) is 13.0 Å². The van der Waals surface area contributed by atoms with Crippen LogP contribution in [0.5, 0.6) is 0 Å². The van der Waals surface area contributed by atoms with Crippen molar-refractivity contribution in [2.75, 3.05) is 18.0 Å². The van der Waals surface area contributed by atoms with Gasteiger partial charge in [0.25, 0.3) is 0 Å². The summed E-state index contributed by atoms with van der Waals surface area (Å²) >= 11 is 1.88. The van der Waals surface area contributed by atoms with E-state index < -0.39 is 12.2 Å². The lowest BCUT2D eigenvalue weighted by Gasteiger charge is -2.13. The molecule has 1 aromatic carbocycles. The second-order valence-corrected chi connectivity index (χ2v) is 5.31. The van der Waals surface area contributed by atoms with Crippen LogP contribution < -0.4 is 10.2 Å². The van der Waals surface area contributed by atoms with Gasteiger partial charge in [0.15, 0.2) is 0 Å². The number of hydrogen-bond acceptors (Lipinski definition) is 3. The van der Waals surface area contributed by atoms with Crippen LogP contribution >= 0.6 is 22.6 Å². The Morgan fingerprint density at radius 1 is 1.63 bits per heavy atom. The molecule has 1 N–H and O–H groups in total. The number of ether oxygens (including phenoxy) is 1. The van der Waals surface area contributed by atoms with Crippen LogP contribution in [0, 0.1) is 9.39 Å². The molecule has 0 aromatic heterocycles. The van der Waals surface area contributed by atoms with E-state index >= 15 is 0 Å². The number of nitrogens with one attached hydrogen (secondary N) is 1. The topological polar surface area (TPSA) is 58.6 Å². The molecule has 0 saturated carbocycles. The maximum absolute atomic E-state index is 13.5. The van der Waals surface area contributed by atoms with Gasteiger partial charge in [0.2, 0.25) is 5.91 Å². The summed E-state index contributed by atoms with van der Waals surface area (Å²) in [6.45, 7) is 1.94. The first-order valence-corrected chi connectivity index (χ1v) is 6.73. The number of benzene rings is 1. The highest BCUT2D eigenvalue weighted by Crippen LogP contribution is 2.24. The second kappa shape index (κ2) is 5.72. The highest BCUT2D eigenvalue weighted by Gasteiger charge is 2.32. The Labute approximate surface area is 123 Å². The molecule has 1 aliphatic rings. The Balaban J connectivity index is 2.07. The van der Waals surface area contributed by atoms with Gasteiger partial charge in [-0.15, -0.1) is 0 Å². The summed E-state index contributed by atoms with van der Waals surface area (Å²) in [5, 5.41) is 2.58. The number of carbonyl (C=O) groups is 2. The van der Waals surface area contributed by atoms with Crippen molar-refractivity contribution < 1.29 is 18.7 Å². The van der Waals surface area contributed by atoms with Crippen molar-refractivity contribution in [3.8, 4) is 0 Å². The molecule has 2 amide bonds. The normalized spacial score (nSPS) is 18.4. The van der Waals surface area contributed by atoms with Crippen LogP contribution in [0.3, 0.4) is 0 Å². The molecule has 1 aliphatic heterocycles. The van der Waals surface area contributed by atoms with Crippen molar-refractivity contribution in [1.29, 1.82) is 0 Å². The fraction of sp³-hybridized carbons (Fsp3) is 0.333. The van der Waals surface area contributed by atoms with Crippen molar-refractivity contribution in [1.82, 2.24) is 5.32 Å². The third-order valence-electron chi connectivity index (χ3n) is 2.67. The van der Waals surface area contributed by atoms with Gasteiger partial charge in [0.05, 0.1) is 18.8 Å². The summed E-state index contributed by atoms with van der Waals surface area (Å²) in [4.78, 5) is 23.8. The monoisotopic (exact) mass is 378 g/mol. The molecule has 5 nitrogen and oxygen atoms in total. The van der Waals surface area contributed by atoms with E-state index in [0.29, 0.717) is 15.8 Å². The third kappa shape index (κ3) is 3.34. The molecule has 2 rings (SSSR count). The van der Waals surface area contributed by atoms with Crippen LogP contribution in [-0.2, 0) is 9.53 Å². The Kier molecular flexibility index (Phi) is 4.23. The summed E-state index contributed by atoms with van der Waals surface area (Å²) in [6, 6.07) is 4.55. The van der Waals surface area contributed by atoms with Gasteiger partial charge in [0.1, 0.15) is 11.9 Å². The Morgan fingerprint density at radius 3 is 3.00 bits per heavy atom. The van der Waals surface area contributed by atoms with Crippen molar-refractivity contribution >= 4 is 40.3 Å². The largest absolute Gasteiger partial charge is 0.442 e. The first kappa shape index (κ1) is 14.0. The lowest BCUT2D eigenvalue weighted by atomic mass is 10.2. The van der Waals surface area contributed by atoms with Gasteiger partial charge < -0.3 is 10.1 Å². The van der Waals surface area contributed by atoms with E-state index in [2.05, 4.69) is 5.32 Å². The fourth-order valence-corrected chi connectivity index (χ4v) is 2.08. The minimum absolute atomic E-state index is 0.185. The van der Waals surface area contributed by atoms with Crippen LogP contribution in [0.4, 0.5) is 14.9 Å². The smallest absolute Gasteiger partial charge is 0.414 e. The number of amides is 2. The molecule has 7 heteroatoms. The molecule has 102 valence electrons. The van der Waals surface area contributed by atoms with E-state index in [9.17, 15) is 14.0 Å². The molecule has 0 spiro atoms. The summed E-state index contributed by atoms with van der Waals surface area (Å²) in [5.74, 6) is -0.564. The summed E-state index contributed by atoms with van der Waals surface area (Å²) in [5.41, 5.74) is 0.452. The van der Waals surface area contributed by atoms with E-state index in [-0.39, 0.29) is 18.3 Å². The first-order valence-electron chi connectivity index (χ1n) is 5.65. The molecule has 1 saturated heterocycles. The lowest BCUT2D eigenvalue weighted by Crippen LogP contribution is -2.33. The summed E-state index contributed by atoms with van der Waals surface area (Å²) in [6.07, 6.45) is -0.949. The quantitative estimate of drug-likeness (QED) is 0.818. The SMILES string of the molecule is CC(=O)NC[C@@H]1CN(c2ccc(I)c(F)c2)C(=O)O1. The fourth-order valence-electron chi connectivity index (χ4n) is 1.75. The van der Waals surface area contributed by atoms with E-state index in [1.165, 1.54) is 17.9 Å². The van der Waals surface area contributed by atoms with Crippen LogP contribution in [0.1, 0.15) is 6.92 Å². The average Bonchev–Trinajstić information content (AvgIpc) is 2.72. The molecular weight excluding hydrogens is 366 g/mol. The maximum Gasteiger partial charge on any atom is 0.414 e. The standard InChI is InChI=1S/C12H12FIN2O3/c1-7(17)15-5-9-6-16(12(18)19-9)8-2-3-11(14)10(13)4-8/h2-4,9H,5-6H2,1H3,(H,15,17)/t9-/m1/s1. The molecule has 1 aromatic rings. The van der Waals surface area contributed by atoms with Crippen molar-refractivity contribution in [3.05, 3.63) is 27.6 Å². The van der Waals surface area contributed by atoms with Gasteiger partial charge in [0, 0.05) is 10.5 Å². The molecule has 1 atom stereocenters. The summed E-state index contributed by atoms with van der Waals surface area (Å²) < 4.78 is 19.1. The van der Waals surface area contributed by atoms with Gasteiger partial charge in [-0.2, -0.15) is 0 Å². The van der Waals surface area contributed by atoms with E-state index in [1.807, 2.05) is 22.6 Å². The second-order valence-electron chi connectivity index (χ2n) is 4.15. The number of cyclic esters (lactones) is 1. The number of rotatable bonds is 3. The maximum atomic E-state index is 13.5. The van der Waals surface area contributed by atoms with Crippen LogP contribution in [0.15, 0.2) is 18.2 Å². The minimum atomic E-state index is -0.532. The zero-order valence-electron chi connectivity index (χ0n) is 10.2. The minimum Gasteiger partial charge on any atom is -0.442 e. The lowest BCUT2D eigenvalue weighted by molar-refractivity contribution is -0.119. The zero-order valence-corrected chi connectivity index (χ0v) is 12.3. The number of anilines is 1. The molecule has 19 heavy (non-hydrogen) atoms. The highest BCUT2D eigenvalue weighted by atomic mass is 127. The molecule has 0 aliphatic carbocycles. The van der Waals surface area contributed by atoms with Crippen LogP contribution in [0.2, 0.25) is 0 Å². The van der Waals surface area contributed by atoms with Gasteiger partial charge in [-0.25, -0.2) is 9.18 Å². The molecule has 0 unspecified atom stereocenters. The van der Waals surface area contributed by atoms with Crippen LogP contribution in [-0.4, -0.2) is 31.2 Å². The Morgan fingerprint density at radius 2 is 2.37 bits per heavy atom. The van der Waals surface area contributed by atoms with Crippen molar-refractivity contribution in [2.24, 2.45) is 0 Å². The zero-order chi connectivity index (χ0) is 14.0. The van der Waals surface area contributed by atoms with Gasteiger partial charge in [-0.05, 0) is 40.8 Å². The molecule has 0 bridgehead atoms. The summed E-state index contributed by atoms with van der Waals surface area (Å²) in [7, 11) is 0.